The number of aryl methyl sites for hydroxylation is 1. The van der Waals surface area contributed by atoms with E-state index in [-0.39, 0.29) is 6.61 Å². The number of halogens is 1. The molecular weight excluding hydrogens is 255 g/mol. The van der Waals surface area contributed by atoms with Crippen LogP contribution in [0.5, 0.6) is 5.75 Å². The summed E-state index contributed by atoms with van der Waals surface area (Å²) in [5.41, 5.74) is 2.34. The Morgan fingerprint density at radius 3 is 2.68 bits per heavy atom. The molecule has 0 amide bonds. The smallest absolute Gasteiger partial charge is 0.182 e. The van der Waals surface area contributed by atoms with E-state index >= 15 is 0 Å². The van der Waals surface area contributed by atoms with Crippen molar-refractivity contribution in [3.8, 4) is 5.75 Å². The summed E-state index contributed by atoms with van der Waals surface area (Å²) in [6.07, 6.45) is 3.45. The Hall–Kier alpha value is -1.89. The van der Waals surface area contributed by atoms with Gasteiger partial charge >= 0.3 is 0 Å². The largest absolute Gasteiger partial charge is 0.485 e. The quantitative estimate of drug-likeness (QED) is 0.684. The average Bonchev–Trinajstić information content (AvgIpc) is 3.01. The zero-order valence-electron chi connectivity index (χ0n) is 10.6. The van der Waals surface area contributed by atoms with E-state index in [0.29, 0.717) is 31.1 Å². The predicted octanol–water partition coefficient (Wildman–Crippen LogP) is 2.08. The minimum atomic E-state index is -0.549. The van der Waals surface area contributed by atoms with Crippen LogP contribution in [0, 0.1) is 6.92 Å². The van der Waals surface area contributed by atoms with Gasteiger partial charge in [-0.25, -0.2) is 4.39 Å². The minimum Gasteiger partial charge on any atom is -0.485 e. The number of hydrogen-bond donors (Lipinski definition) is 0. The van der Waals surface area contributed by atoms with Crippen molar-refractivity contribution in [1.29, 1.82) is 0 Å². The molecule has 0 bridgehead atoms. The molecular formula is C12H15FN2O4. The van der Waals surface area contributed by atoms with Crippen molar-refractivity contribution in [3.63, 3.8) is 0 Å². The van der Waals surface area contributed by atoms with Crippen LogP contribution in [-0.2, 0) is 17.8 Å². The molecule has 6 nitrogen and oxygen atoms in total. The monoisotopic (exact) mass is 270 g/mol. The summed E-state index contributed by atoms with van der Waals surface area (Å²) in [7, 11) is 0. The molecule has 0 saturated carbocycles. The second-order valence-electron chi connectivity index (χ2n) is 3.91. The summed E-state index contributed by atoms with van der Waals surface area (Å²) in [6, 6.07) is 0. The van der Waals surface area contributed by atoms with Crippen LogP contribution >= 0.6 is 0 Å². The van der Waals surface area contributed by atoms with E-state index in [4.69, 9.17) is 18.5 Å². The summed E-state index contributed by atoms with van der Waals surface area (Å²) in [4.78, 5) is 0. The zero-order chi connectivity index (χ0) is 13.5. The van der Waals surface area contributed by atoms with Gasteiger partial charge in [0.25, 0.3) is 0 Å². The highest BCUT2D eigenvalue weighted by Gasteiger charge is 2.09. The third kappa shape index (κ3) is 3.78. The number of hydrogen-bond acceptors (Lipinski definition) is 6. The molecule has 0 saturated heterocycles. The van der Waals surface area contributed by atoms with Gasteiger partial charge in [0.1, 0.15) is 30.9 Å². The molecule has 2 aromatic rings. The molecule has 0 unspecified atom stereocenters. The maximum atomic E-state index is 12.0. The van der Waals surface area contributed by atoms with Crippen LogP contribution in [0.4, 0.5) is 4.39 Å². The van der Waals surface area contributed by atoms with Crippen molar-refractivity contribution in [1.82, 2.24) is 10.3 Å². The lowest BCUT2D eigenvalue weighted by molar-refractivity contribution is 0.116. The molecule has 7 heteroatoms. The van der Waals surface area contributed by atoms with Gasteiger partial charge in [-0.15, -0.1) is 0 Å². The van der Waals surface area contributed by atoms with E-state index in [1.54, 1.807) is 6.26 Å². The Balaban J connectivity index is 1.73. The van der Waals surface area contributed by atoms with Crippen molar-refractivity contribution in [2.75, 3.05) is 19.9 Å². The van der Waals surface area contributed by atoms with Crippen molar-refractivity contribution in [3.05, 3.63) is 29.5 Å². The SMILES string of the molecule is Cc1conc1COCCc1nocc1OCCF. The second kappa shape index (κ2) is 6.89. The summed E-state index contributed by atoms with van der Waals surface area (Å²) in [5, 5.41) is 7.59. The van der Waals surface area contributed by atoms with Gasteiger partial charge < -0.3 is 18.5 Å². The normalized spacial score (nSPS) is 10.8. The van der Waals surface area contributed by atoms with Gasteiger partial charge in [-0.3, -0.25) is 0 Å². The fraction of sp³-hybridized carbons (Fsp3) is 0.500. The molecule has 0 atom stereocenters. The van der Waals surface area contributed by atoms with Gasteiger partial charge in [-0.1, -0.05) is 10.3 Å². The molecule has 0 N–H and O–H groups in total. The highest BCUT2D eigenvalue weighted by molar-refractivity contribution is 5.22. The first-order valence-corrected chi connectivity index (χ1v) is 5.91. The molecule has 19 heavy (non-hydrogen) atoms. The van der Waals surface area contributed by atoms with Crippen LogP contribution in [0.2, 0.25) is 0 Å². The highest BCUT2D eigenvalue weighted by Crippen LogP contribution is 2.17. The first-order chi connectivity index (χ1) is 9.31. The number of nitrogens with zero attached hydrogens (tertiary/aromatic N) is 2. The van der Waals surface area contributed by atoms with Crippen LogP contribution in [0.3, 0.4) is 0 Å². The number of rotatable bonds is 8. The molecule has 0 spiro atoms. The lowest BCUT2D eigenvalue weighted by Gasteiger charge is -2.03. The predicted molar refractivity (Wildman–Crippen MR) is 62.6 cm³/mol. The van der Waals surface area contributed by atoms with Gasteiger partial charge in [0.05, 0.1) is 13.2 Å². The standard InChI is InChI=1S/C12H15FN2O4/c1-9-6-18-15-11(9)7-16-4-2-10-12(8-19-14-10)17-5-3-13/h6,8H,2-5,7H2,1H3. The van der Waals surface area contributed by atoms with E-state index in [2.05, 4.69) is 10.3 Å². The summed E-state index contributed by atoms with van der Waals surface area (Å²) >= 11 is 0. The molecule has 0 aliphatic rings. The first-order valence-electron chi connectivity index (χ1n) is 5.91. The second-order valence-corrected chi connectivity index (χ2v) is 3.91. The van der Waals surface area contributed by atoms with Gasteiger partial charge in [0.2, 0.25) is 0 Å². The van der Waals surface area contributed by atoms with E-state index < -0.39 is 6.67 Å². The number of alkyl halides is 1. The van der Waals surface area contributed by atoms with Crippen LogP contribution in [-0.4, -0.2) is 30.2 Å². The Bertz CT molecular complexity index is 497. The molecule has 0 fully saturated rings. The Morgan fingerprint density at radius 1 is 1.16 bits per heavy atom. The van der Waals surface area contributed by atoms with E-state index in [1.165, 1.54) is 6.26 Å². The molecule has 2 heterocycles. The fourth-order valence-electron chi connectivity index (χ4n) is 1.47. The third-order valence-corrected chi connectivity index (χ3v) is 2.51. The van der Waals surface area contributed by atoms with Crippen LogP contribution in [0.1, 0.15) is 17.0 Å². The van der Waals surface area contributed by atoms with Crippen molar-refractivity contribution >= 4 is 0 Å². The Labute approximate surface area is 109 Å². The topological polar surface area (TPSA) is 70.5 Å². The zero-order valence-corrected chi connectivity index (χ0v) is 10.6. The maximum absolute atomic E-state index is 12.0. The van der Waals surface area contributed by atoms with Crippen LogP contribution < -0.4 is 4.74 Å². The van der Waals surface area contributed by atoms with Gasteiger partial charge in [0.15, 0.2) is 12.0 Å². The third-order valence-electron chi connectivity index (χ3n) is 2.51. The average molecular weight is 270 g/mol. The summed E-state index contributed by atoms with van der Waals surface area (Å²) in [6.45, 7) is 2.15. The van der Waals surface area contributed by atoms with Gasteiger partial charge in [-0.2, -0.15) is 0 Å². The van der Waals surface area contributed by atoms with Crippen molar-refractivity contribution in [2.45, 2.75) is 20.0 Å². The van der Waals surface area contributed by atoms with E-state index in [9.17, 15) is 4.39 Å². The minimum absolute atomic E-state index is 0.00674. The Kier molecular flexibility index (Phi) is 4.91. The number of aromatic nitrogens is 2. The van der Waals surface area contributed by atoms with Gasteiger partial charge in [-0.05, 0) is 6.92 Å². The fourth-order valence-corrected chi connectivity index (χ4v) is 1.47. The molecule has 2 rings (SSSR count). The first kappa shape index (κ1) is 13.5. The van der Waals surface area contributed by atoms with E-state index in [1.807, 2.05) is 6.92 Å². The van der Waals surface area contributed by atoms with E-state index in [0.717, 1.165) is 11.3 Å². The van der Waals surface area contributed by atoms with Crippen molar-refractivity contribution in [2.24, 2.45) is 0 Å². The lowest BCUT2D eigenvalue weighted by Crippen LogP contribution is -2.04. The summed E-state index contributed by atoms with van der Waals surface area (Å²) in [5.74, 6) is 0.457. The van der Waals surface area contributed by atoms with Crippen LogP contribution in [0.15, 0.2) is 21.6 Å². The summed E-state index contributed by atoms with van der Waals surface area (Å²) < 4.78 is 32.2. The Morgan fingerprint density at radius 2 is 1.95 bits per heavy atom. The molecule has 0 aliphatic heterocycles. The maximum Gasteiger partial charge on any atom is 0.182 e. The molecule has 104 valence electrons. The van der Waals surface area contributed by atoms with Crippen LogP contribution in [0.25, 0.3) is 0 Å². The van der Waals surface area contributed by atoms with Gasteiger partial charge in [0, 0.05) is 12.0 Å². The molecule has 0 aromatic carbocycles. The molecule has 0 radical (unpaired) electrons. The molecule has 2 aromatic heterocycles. The van der Waals surface area contributed by atoms with Crippen molar-refractivity contribution < 1.29 is 22.9 Å². The highest BCUT2D eigenvalue weighted by atomic mass is 19.1. The lowest BCUT2D eigenvalue weighted by atomic mass is 10.3. The number of ether oxygens (including phenoxy) is 2. The molecule has 0 aliphatic carbocycles.